The summed E-state index contributed by atoms with van der Waals surface area (Å²) in [7, 11) is 0. The lowest BCUT2D eigenvalue weighted by molar-refractivity contribution is 1.26. The van der Waals surface area contributed by atoms with E-state index in [-0.39, 0.29) is 0 Å². The number of para-hydroxylation sites is 1. The molecule has 1 nitrogen and oxygen atoms in total. The van der Waals surface area contributed by atoms with Crippen LogP contribution in [0.25, 0.3) is 49.5 Å². The molecule has 43 heavy (non-hydrogen) atoms. The molecule has 0 bridgehead atoms. The van der Waals surface area contributed by atoms with Gasteiger partial charge in [-0.3, -0.25) is 0 Å². The maximum Gasteiger partial charge on any atom is 0.0490 e. The van der Waals surface area contributed by atoms with Crippen LogP contribution in [0.3, 0.4) is 0 Å². The van der Waals surface area contributed by atoms with E-state index in [1.165, 1.54) is 54.9 Å². The quantitative estimate of drug-likeness (QED) is 0.186. The summed E-state index contributed by atoms with van der Waals surface area (Å²) in [6.45, 7) is 8.89. The summed E-state index contributed by atoms with van der Waals surface area (Å²) >= 11 is 0. The summed E-state index contributed by atoms with van der Waals surface area (Å²) in [6, 6.07) is 54.4. The fourth-order valence-electron chi connectivity index (χ4n) is 6.31. The third-order valence-corrected chi connectivity index (χ3v) is 8.39. The molecule has 0 saturated carbocycles. The van der Waals surface area contributed by atoms with Crippen molar-refractivity contribution in [1.29, 1.82) is 0 Å². The summed E-state index contributed by atoms with van der Waals surface area (Å²) in [4.78, 5) is 2.27. The Morgan fingerprint density at radius 2 is 1.02 bits per heavy atom. The number of hydrogen-bond donors (Lipinski definition) is 0. The molecule has 0 atom stereocenters. The molecule has 0 amide bonds. The van der Waals surface area contributed by atoms with Gasteiger partial charge in [0.15, 0.2) is 0 Å². The van der Waals surface area contributed by atoms with E-state index in [1.54, 1.807) is 0 Å². The van der Waals surface area contributed by atoms with Crippen molar-refractivity contribution in [2.75, 3.05) is 4.90 Å². The van der Waals surface area contributed by atoms with E-state index in [0.29, 0.717) is 0 Å². The molecule has 0 radical (unpaired) electrons. The highest BCUT2D eigenvalue weighted by molar-refractivity contribution is 6.21. The van der Waals surface area contributed by atoms with Gasteiger partial charge in [0, 0.05) is 17.1 Å². The molecule has 1 heteroatoms. The fraction of sp³-hybridized carbons (Fsp3) is 0.0476. The van der Waals surface area contributed by atoms with Crippen molar-refractivity contribution in [1.82, 2.24) is 0 Å². The van der Waals surface area contributed by atoms with Crippen molar-refractivity contribution < 1.29 is 0 Å². The number of fused-ring (bicyclic) bond motifs is 2. The standard InChI is InChI=1S/C42H33N/c1-29-22-27-38-39(28-29)42(37-20-12-11-19-36(37)41(38)33-17-8-5-9-18-33)34-23-25-35(26-24-34)43(40-21-13-10-14-30(40)2)31(3)32-15-6-4-7-16-32/h4-28H,3H2,1-2H3. The summed E-state index contributed by atoms with van der Waals surface area (Å²) < 4.78 is 0. The number of hydrogen-bond acceptors (Lipinski definition) is 1. The third kappa shape index (κ3) is 4.79. The number of nitrogens with zero attached hydrogens (tertiary/aromatic N) is 1. The Labute approximate surface area is 254 Å². The molecule has 0 aliphatic heterocycles. The zero-order valence-corrected chi connectivity index (χ0v) is 24.6. The van der Waals surface area contributed by atoms with Gasteiger partial charge in [0.1, 0.15) is 0 Å². The first-order valence-corrected chi connectivity index (χ1v) is 14.8. The third-order valence-electron chi connectivity index (χ3n) is 8.39. The van der Waals surface area contributed by atoms with Gasteiger partial charge in [0.25, 0.3) is 0 Å². The van der Waals surface area contributed by atoms with Gasteiger partial charge >= 0.3 is 0 Å². The van der Waals surface area contributed by atoms with Crippen molar-refractivity contribution in [3.05, 3.63) is 175 Å². The Balaban J connectivity index is 1.43. The van der Waals surface area contributed by atoms with Gasteiger partial charge in [-0.15, -0.1) is 0 Å². The van der Waals surface area contributed by atoms with Crippen LogP contribution in [0.5, 0.6) is 0 Å². The molecule has 206 valence electrons. The van der Waals surface area contributed by atoms with E-state index >= 15 is 0 Å². The normalized spacial score (nSPS) is 11.1. The molecule has 0 spiro atoms. The van der Waals surface area contributed by atoms with Crippen LogP contribution >= 0.6 is 0 Å². The van der Waals surface area contributed by atoms with E-state index < -0.39 is 0 Å². The molecular formula is C42H33N. The second-order valence-corrected chi connectivity index (χ2v) is 11.2. The van der Waals surface area contributed by atoms with Gasteiger partial charge < -0.3 is 4.90 Å². The topological polar surface area (TPSA) is 3.24 Å². The first-order valence-electron chi connectivity index (χ1n) is 14.8. The monoisotopic (exact) mass is 551 g/mol. The summed E-state index contributed by atoms with van der Waals surface area (Å²) in [6.07, 6.45) is 0. The first-order chi connectivity index (χ1) is 21.1. The maximum atomic E-state index is 4.56. The lowest BCUT2D eigenvalue weighted by Crippen LogP contribution is -2.15. The molecule has 0 N–H and O–H groups in total. The highest BCUT2D eigenvalue weighted by Crippen LogP contribution is 2.45. The van der Waals surface area contributed by atoms with Gasteiger partial charge in [-0.2, -0.15) is 0 Å². The molecular weight excluding hydrogens is 518 g/mol. The minimum atomic E-state index is 0.946. The molecule has 0 saturated heterocycles. The SMILES string of the molecule is C=C(c1ccccc1)N(c1ccc(-c2c3ccccc3c(-c3ccccc3)c3ccc(C)cc23)cc1)c1ccccc1C. The maximum absolute atomic E-state index is 4.56. The summed E-state index contributed by atoms with van der Waals surface area (Å²) in [5.41, 5.74) is 11.7. The molecule has 7 aromatic rings. The molecule has 0 fully saturated rings. The number of anilines is 2. The van der Waals surface area contributed by atoms with Crippen LogP contribution in [0.4, 0.5) is 11.4 Å². The Hall–Kier alpha value is -5.40. The second kappa shape index (κ2) is 11.1. The Morgan fingerprint density at radius 3 is 1.70 bits per heavy atom. The van der Waals surface area contributed by atoms with Crippen LogP contribution in [-0.2, 0) is 0 Å². The Bertz CT molecular complexity index is 2090. The molecule has 7 aromatic carbocycles. The van der Waals surface area contributed by atoms with E-state index in [1.807, 2.05) is 6.07 Å². The zero-order valence-electron chi connectivity index (χ0n) is 24.6. The number of benzene rings is 7. The largest absolute Gasteiger partial charge is 0.310 e. The van der Waals surface area contributed by atoms with Crippen LogP contribution in [0.15, 0.2) is 158 Å². The van der Waals surface area contributed by atoms with Crippen molar-refractivity contribution in [3.8, 4) is 22.3 Å². The molecule has 7 rings (SSSR count). The van der Waals surface area contributed by atoms with Gasteiger partial charge in [0.2, 0.25) is 0 Å². The predicted molar refractivity (Wildman–Crippen MR) is 186 cm³/mol. The summed E-state index contributed by atoms with van der Waals surface area (Å²) in [5.74, 6) is 0. The van der Waals surface area contributed by atoms with Crippen LogP contribution in [0.1, 0.15) is 16.7 Å². The fourth-order valence-corrected chi connectivity index (χ4v) is 6.31. The van der Waals surface area contributed by atoms with Crippen molar-refractivity contribution >= 4 is 38.6 Å². The molecule has 0 heterocycles. The van der Waals surface area contributed by atoms with Gasteiger partial charge in [-0.1, -0.05) is 146 Å². The van der Waals surface area contributed by atoms with Crippen LogP contribution in [0, 0.1) is 13.8 Å². The molecule has 0 unspecified atom stereocenters. The second-order valence-electron chi connectivity index (χ2n) is 11.2. The van der Waals surface area contributed by atoms with E-state index in [4.69, 9.17) is 0 Å². The van der Waals surface area contributed by atoms with Crippen LogP contribution in [-0.4, -0.2) is 0 Å². The van der Waals surface area contributed by atoms with Crippen molar-refractivity contribution in [2.24, 2.45) is 0 Å². The lowest BCUT2D eigenvalue weighted by Gasteiger charge is -2.29. The molecule has 0 aliphatic carbocycles. The van der Waals surface area contributed by atoms with Gasteiger partial charge in [0.05, 0.1) is 0 Å². The predicted octanol–water partition coefficient (Wildman–Crippen LogP) is 11.8. The molecule has 0 aromatic heterocycles. The van der Waals surface area contributed by atoms with E-state index in [0.717, 1.165) is 22.6 Å². The van der Waals surface area contributed by atoms with Crippen LogP contribution in [0.2, 0.25) is 0 Å². The van der Waals surface area contributed by atoms with Crippen LogP contribution < -0.4 is 4.90 Å². The number of rotatable bonds is 6. The van der Waals surface area contributed by atoms with Gasteiger partial charge in [-0.05, 0) is 87.0 Å². The lowest BCUT2D eigenvalue weighted by atomic mass is 9.85. The van der Waals surface area contributed by atoms with Crippen molar-refractivity contribution in [3.63, 3.8) is 0 Å². The van der Waals surface area contributed by atoms with Gasteiger partial charge in [-0.25, -0.2) is 0 Å². The number of aryl methyl sites for hydroxylation is 2. The van der Waals surface area contributed by atoms with Crippen molar-refractivity contribution in [2.45, 2.75) is 13.8 Å². The van der Waals surface area contributed by atoms with E-state index in [9.17, 15) is 0 Å². The summed E-state index contributed by atoms with van der Waals surface area (Å²) in [5, 5.41) is 5.07. The minimum absolute atomic E-state index is 0.946. The molecule has 0 aliphatic rings. The first kappa shape index (κ1) is 26.5. The average molecular weight is 552 g/mol. The highest BCUT2D eigenvalue weighted by Gasteiger charge is 2.19. The smallest absolute Gasteiger partial charge is 0.0490 e. The highest BCUT2D eigenvalue weighted by atomic mass is 15.1. The average Bonchev–Trinajstić information content (AvgIpc) is 3.06. The zero-order chi connectivity index (χ0) is 29.3. The Morgan fingerprint density at radius 1 is 0.488 bits per heavy atom. The Kier molecular flexibility index (Phi) is 6.85. The van der Waals surface area contributed by atoms with E-state index in [2.05, 4.69) is 171 Å². The minimum Gasteiger partial charge on any atom is -0.310 e.